The highest BCUT2D eigenvalue weighted by Gasteiger charge is 2.29. The highest BCUT2D eigenvalue weighted by atomic mass is 28.4. The van der Waals surface area contributed by atoms with Gasteiger partial charge in [-0.1, -0.05) is 5.16 Å². The van der Waals surface area contributed by atoms with Crippen LogP contribution >= 0.6 is 0 Å². The SMILES string of the molecule is CO[Si](C)(CNC(=O)CC(C)=NO)OC. The minimum atomic E-state index is -2.26. The molecule has 0 rings (SSSR count). The Kier molecular flexibility index (Phi) is 6.14. The lowest BCUT2D eigenvalue weighted by Crippen LogP contribution is -2.48. The normalized spacial score (nSPS) is 12.7. The molecule has 0 spiro atoms. The van der Waals surface area contributed by atoms with E-state index >= 15 is 0 Å². The molecule has 88 valence electrons. The minimum absolute atomic E-state index is 0.0778. The molecule has 0 aromatic heterocycles. The van der Waals surface area contributed by atoms with Gasteiger partial charge in [-0.3, -0.25) is 4.79 Å². The summed E-state index contributed by atoms with van der Waals surface area (Å²) in [6.07, 6.45) is 0.450. The number of carbonyl (C=O) groups excluding carboxylic acids is 1. The zero-order valence-corrected chi connectivity index (χ0v) is 10.5. The van der Waals surface area contributed by atoms with E-state index in [-0.39, 0.29) is 12.3 Å². The molecular formula is C8H18N2O4Si. The highest BCUT2D eigenvalue weighted by Crippen LogP contribution is 2.01. The third kappa shape index (κ3) is 5.50. The molecule has 0 saturated carbocycles. The van der Waals surface area contributed by atoms with Gasteiger partial charge in [-0.25, -0.2) is 0 Å². The Morgan fingerprint density at radius 2 is 2.00 bits per heavy atom. The van der Waals surface area contributed by atoms with E-state index < -0.39 is 8.56 Å². The van der Waals surface area contributed by atoms with E-state index in [9.17, 15) is 4.79 Å². The Bertz CT molecular complexity index is 241. The van der Waals surface area contributed by atoms with Gasteiger partial charge >= 0.3 is 8.56 Å². The molecule has 0 saturated heterocycles. The van der Waals surface area contributed by atoms with Crippen molar-refractivity contribution in [3.8, 4) is 0 Å². The van der Waals surface area contributed by atoms with E-state index in [0.717, 1.165) is 0 Å². The van der Waals surface area contributed by atoms with Crippen molar-refractivity contribution in [1.82, 2.24) is 5.32 Å². The zero-order chi connectivity index (χ0) is 11.9. The van der Waals surface area contributed by atoms with Gasteiger partial charge in [-0.05, 0) is 13.5 Å². The van der Waals surface area contributed by atoms with Crippen LogP contribution in [0.4, 0.5) is 0 Å². The lowest BCUT2D eigenvalue weighted by atomic mass is 10.3. The minimum Gasteiger partial charge on any atom is -0.411 e. The van der Waals surface area contributed by atoms with Gasteiger partial charge in [-0.2, -0.15) is 0 Å². The second kappa shape index (κ2) is 6.54. The van der Waals surface area contributed by atoms with Crippen molar-refractivity contribution >= 4 is 20.2 Å². The molecule has 0 heterocycles. The Hall–Kier alpha value is -0.923. The average molecular weight is 234 g/mol. The molecule has 0 radical (unpaired) electrons. The summed E-state index contributed by atoms with van der Waals surface area (Å²) < 4.78 is 10.4. The fourth-order valence-electron chi connectivity index (χ4n) is 0.817. The van der Waals surface area contributed by atoms with E-state index in [4.69, 9.17) is 14.1 Å². The lowest BCUT2D eigenvalue weighted by molar-refractivity contribution is -0.119. The van der Waals surface area contributed by atoms with Gasteiger partial charge < -0.3 is 19.4 Å². The molecule has 2 N–H and O–H groups in total. The molecule has 0 fully saturated rings. The Balaban J connectivity index is 4.00. The number of oxime groups is 1. The van der Waals surface area contributed by atoms with Crippen molar-refractivity contribution in [3.05, 3.63) is 0 Å². The van der Waals surface area contributed by atoms with Crippen LogP contribution in [0, 0.1) is 0 Å². The Morgan fingerprint density at radius 3 is 2.40 bits per heavy atom. The topological polar surface area (TPSA) is 80.2 Å². The molecular weight excluding hydrogens is 216 g/mol. The summed E-state index contributed by atoms with van der Waals surface area (Å²) in [5.41, 5.74) is 0.366. The maximum atomic E-state index is 11.3. The summed E-state index contributed by atoms with van der Waals surface area (Å²) in [5, 5.41) is 14.0. The predicted octanol–water partition coefficient (Wildman–Crippen LogP) is 0.247. The van der Waals surface area contributed by atoms with Crippen LogP contribution in [0.15, 0.2) is 5.16 Å². The van der Waals surface area contributed by atoms with Crippen LogP contribution in [-0.2, 0) is 13.6 Å². The first-order valence-electron chi connectivity index (χ1n) is 4.52. The van der Waals surface area contributed by atoms with Gasteiger partial charge in [0.2, 0.25) is 5.91 Å². The van der Waals surface area contributed by atoms with Crippen LogP contribution in [0.5, 0.6) is 0 Å². The molecule has 0 atom stereocenters. The fraction of sp³-hybridized carbons (Fsp3) is 0.750. The van der Waals surface area contributed by atoms with Crippen LogP contribution in [0.3, 0.4) is 0 Å². The number of amides is 1. The van der Waals surface area contributed by atoms with E-state index in [1.54, 1.807) is 21.1 Å². The van der Waals surface area contributed by atoms with Gasteiger partial charge in [0.15, 0.2) is 0 Å². The molecule has 7 heteroatoms. The third-order valence-electron chi connectivity index (χ3n) is 2.06. The average Bonchev–Trinajstić information content (AvgIpc) is 2.25. The van der Waals surface area contributed by atoms with Gasteiger partial charge in [0.25, 0.3) is 0 Å². The quantitative estimate of drug-likeness (QED) is 0.299. The van der Waals surface area contributed by atoms with E-state index in [1.165, 1.54) is 0 Å². The second-order valence-electron chi connectivity index (χ2n) is 3.33. The second-order valence-corrected chi connectivity index (χ2v) is 6.77. The first kappa shape index (κ1) is 14.1. The molecule has 15 heavy (non-hydrogen) atoms. The fourth-order valence-corrected chi connectivity index (χ4v) is 1.79. The summed E-state index contributed by atoms with van der Waals surface area (Å²) in [6, 6.07) is 0. The summed E-state index contributed by atoms with van der Waals surface area (Å²) in [7, 11) is 0.860. The number of nitrogens with one attached hydrogen (secondary N) is 1. The van der Waals surface area contributed by atoms with Crippen molar-refractivity contribution < 1.29 is 18.9 Å². The van der Waals surface area contributed by atoms with Crippen molar-refractivity contribution in [1.29, 1.82) is 0 Å². The molecule has 0 aromatic carbocycles. The third-order valence-corrected chi connectivity index (χ3v) is 4.60. The van der Waals surface area contributed by atoms with Crippen molar-refractivity contribution in [2.45, 2.75) is 19.9 Å². The molecule has 0 aliphatic rings. The smallest absolute Gasteiger partial charge is 0.354 e. The number of nitrogens with zero attached hydrogens (tertiary/aromatic N) is 1. The van der Waals surface area contributed by atoms with Gasteiger partial charge in [0.1, 0.15) is 0 Å². The number of rotatable bonds is 6. The van der Waals surface area contributed by atoms with Crippen molar-refractivity contribution in [2.75, 3.05) is 20.4 Å². The molecule has 6 nitrogen and oxygen atoms in total. The van der Waals surface area contributed by atoms with E-state index in [2.05, 4.69) is 10.5 Å². The first-order chi connectivity index (χ1) is 6.97. The van der Waals surface area contributed by atoms with Gasteiger partial charge in [0, 0.05) is 14.2 Å². The van der Waals surface area contributed by atoms with E-state index in [1.807, 2.05) is 6.55 Å². The monoisotopic (exact) mass is 234 g/mol. The number of carbonyl (C=O) groups is 1. The van der Waals surface area contributed by atoms with Crippen LogP contribution in [0.2, 0.25) is 6.55 Å². The van der Waals surface area contributed by atoms with Crippen molar-refractivity contribution in [2.24, 2.45) is 5.16 Å². The lowest BCUT2D eigenvalue weighted by Gasteiger charge is -2.22. The summed E-state index contributed by atoms with van der Waals surface area (Å²) in [6.45, 7) is 3.42. The molecule has 1 amide bonds. The number of hydrogen-bond donors (Lipinski definition) is 2. The largest absolute Gasteiger partial charge is 0.411 e. The molecule has 0 bridgehead atoms. The van der Waals surface area contributed by atoms with Crippen LogP contribution in [0.1, 0.15) is 13.3 Å². The molecule has 0 unspecified atom stereocenters. The first-order valence-corrected chi connectivity index (χ1v) is 7.04. The van der Waals surface area contributed by atoms with Crippen LogP contribution < -0.4 is 5.32 Å². The van der Waals surface area contributed by atoms with Crippen LogP contribution in [0.25, 0.3) is 0 Å². The predicted molar refractivity (Wildman–Crippen MR) is 58.2 cm³/mol. The van der Waals surface area contributed by atoms with E-state index in [0.29, 0.717) is 11.9 Å². The summed E-state index contributed by atoms with van der Waals surface area (Å²) in [5.74, 6) is -0.210. The standard InChI is InChI=1S/C8H18N2O4Si/c1-7(10-12)5-8(11)9-6-15(4,13-2)14-3/h12H,5-6H2,1-4H3,(H,9,11). The van der Waals surface area contributed by atoms with Gasteiger partial charge in [0.05, 0.1) is 18.3 Å². The summed E-state index contributed by atoms with van der Waals surface area (Å²) in [4.78, 5) is 11.3. The summed E-state index contributed by atoms with van der Waals surface area (Å²) >= 11 is 0. The Labute approximate surface area is 90.5 Å². The molecule has 0 aromatic rings. The maximum Gasteiger partial charge on any atom is 0.354 e. The highest BCUT2D eigenvalue weighted by molar-refractivity contribution is 6.66. The van der Waals surface area contributed by atoms with Crippen molar-refractivity contribution in [3.63, 3.8) is 0 Å². The van der Waals surface area contributed by atoms with Gasteiger partial charge in [-0.15, -0.1) is 0 Å². The molecule has 0 aliphatic heterocycles. The maximum absolute atomic E-state index is 11.3. The zero-order valence-electron chi connectivity index (χ0n) is 9.53. The number of hydrogen-bond acceptors (Lipinski definition) is 5. The Morgan fingerprint density at radius 1 is 1.47 bits per heavy atom. The van der Waals surface area contributed by atoms with Crippen LogP contribution in [-0.4, -0.2) is 45.8 Å². The molecule has 0 aliphatic carbocycles.